The van der Waals surface area contributed by atoms with Crippen LogP contribution in [0.4, 0.5) is 39.0 Å². The van der Waals surface area contributed by atoms with Crippen molar-refractivity contribution in [2.75, 3.05) is 16.0 Å². The summed E-state index contributed by atoms with van der Waals surface area (Å²) in [7, 11) is 0. The first-order valence-corrected chi connectivity index (χ1v) is 11.4. The van der Waals surface area contributed by atoms with Crippen LogP contribution < -0.4 is 20.7 Å². The fourth-order valence-corrected chi connectivity index (χ4v) is 3.32. The average molecular weight is 572 g/mol. The van der Waals surface area contributed by atoms with Crippen LogP contribution in [0, 0.1) is 29.1 Å². The third kappa shape index (κ3) is 6.55. The molecule has 0 aromatic heterocycles. The number of carbonyl (C=O) groups is 3. The number of benzene rings is 3. The summed E-state index contributed by atoms with van der Waals surface area (Å²) in [5.74, 6) is -14.9. The first kappa shape index (κ1) is 29.2. The van der Waals surface area contributed by atoms with Crippen LogP contribution in [0.1, 0.15) is 30.6 Å². The van der Waals surface area contributed by atoms with Crippen molar-refractivity contribution in [3.63, 3.8) is 0 Å². The maximum atomic E-state index is 13.9. The lowest BCUT2D eigenvalue weighted by molar-refractivity contribution is -0.122. The number of rotatable bonds is 8. The van der Waals surface area contributed by atoms with Crippen LogP contribution in [0.5, 0.6) is 11.5 Å². The molecule has 0 fully saturated rings. The van der Waals surface area contributed by atoms with Gasteiger partial charge in [-0.15, -0.1) is 0 Å². The van der Waals surface area contributed by atoms with Gasteiger partial charge in [0, 0.05) is 18.2 Å². The van der Waals surface area contributed by atoms with Crippen molar-refractivity contribution >= 4 is 46.4 Å². The summed E-state index contributed by atoms with van der Waals surface area (Å²) in [6, 6.07) is 7.95. The maximum absolute atomic E-state index is 13.9. The number of aromatic hydroxyl groups is 1. The number of phenolic OH excluding ortho intramolecular Hbond substituents is 1. The molecular formula is C25H19ClF5N3O5. The summed E-state index contributed by atoms with van der Waals surface area (Å²) in [5.41, 5.74) is -1.94. The lowest BCUT2D eigenvalue weighted by atomic mass is 10.1. The number of carbonyl (C=O) groups excluding carboxylic acids is 3. The Kier molecular flexibility index (Phi) is 8.96. The minimum atomic E-state index is -2.44. The number of hydrogen-bond acceptors (Lipinski definition) is 5. The molecule has 0 heterocycles. The minimum absolute atomic E-state index is 0.151. The summed E-state index contributed by atoms with van der Waals surface area (Å²) in [5, 5.41) is 16.8. The molecule has 0 saturated heterocycles. The summed E-state index contributed by atoms with van der Waals surface area (Å²) < 4.78 is 73.4. The van der Waals surface area contributed by atoms with Gasteiger partial charge >= 0.3 is 0 Å². The van der Waals surface area contributed by atoms with E-state index in [-0.39, 0.29) is 16.6 Å². The molecule has 1 atom stereocenters. The van der Waals surface area contributed by atoms with Crippen molar-refractivity contribution in [2.45, 2.75) is 26.4 Å². The lowest BCUT2D eigenvalue weighted by Crippen LogP contribution is -2.30. The van der Waals surface area contributed by atoms with Crippen molar-refractivity contribution < 1.29 is 46.2 Å². The summed E-state index contributed by atoms with van der Waals surface area (Å²) in [6.07, 6.45) is -0.778. The van der Waals surface area contributed by atoms with Crippen molar-refractivity contribution in [2.24, 2.45) is 0 Å². The highest BCUT2D eigenvalue weighted by Crippen LogP contribution is 2.35. The van der Waals surface area contributed by atoms with E-state index in [9.17, 15) is 41.4 Å². The molecule has 0 bridgehead atoms. The van der Waals surface area contributed by atoms with Crippen LogP contribution in [-0.4, -0.2) is 28.9 Å². The molecule has 206 valence electrons. The Hall–Kier alpha value is -4.39. The monoisotopic (exact) mass is 571 g/mol. The van der Waals surface area contributed by atoms with Crippen LogP contribution in [0.15, 0.2) is 36.4 Å². The van der Waals surface area contributed by atoms with E-state index in [2.05, 4.69) is 10.6 Å². The van der Waals surface area contributed by atoms with E-state index < -0.39 is 64.0 Å². The largest absolute Gasteiger partial charge is 0.506 e. The molecular weight excluding hydrogens is 553 g/mol. The molecule has 0 spiro atoms. The average Bonchev–Trinajstić information content (AvgIpc) is 2.90. The number of ether oxygens (including phenoxy) is 1. The third-order valence-corrected chi connectivity index (χ3v) is 5.48. The molecule has 3 aromatic carbocycles. The summed E-state index contributed by atoms with van der Waals surface area (Å²) in [4.78, 5) is 36.2. The third-order valence-electron chi connectivity index (χ3n) is 5.17. The molecule has 3 amide bonds. The number of hydrogen-bond donors (Lipinski definition) is 4. The molecule has 0 aliphatic rings. The Labute approximate surface area is 222 Å². The van der Waals surface area contributed by atoms with E-state index in [4.69, 9.17) is 16.3 Å². The van der Waals surface area contributed by atoms with Crippen LogP contribution >= 0.6 is 11.6 Å². The Morgan fingerprint density at radius 2 is 1.44 bits per heavy atom. The molecule has 0 radical (unpaired) electrons. The highest BCUT2D eigenvalue weighted by atomic mass is 35.5. The SMILES string of the molecule is CCC(=O)Nc1ccc(OC(C)C(=O)Nc2cc(O)c(NC(=O)c3c(F)c(F)c(F)c(F)c3F)cc2Cl)cc1. The van der Waals surface area contributed by atoms with Crippen molar-refractivity contribution in [1.29, 1.82) is 0 Å². The first-order chi connectivity index (χ1) is 18.3. The molecule has 0 aliphatic carbocycles. The normalized spacial score (nSPS) is 11.5. The van der Waals surface area contributed by atoms with E-state index in [0.29, 0.717) is 17.9 Å². The summed E-state index contributed by atoms with van der Waals surface area (Å²) in [6.45, 7) is 3.11. The van der Waals surface area contributed by atoms with Gasteiger partial charge in [-0.1, -0.05) is 18.5 Å². The van der Waals surface area contributed by atoms with Gasteiger partial charge in [0.25, 0.3) is 11.8 Å². The van der Waals surface area contributed by atoms with E-state index in [0.717, 1.165) is 12.1 Å². The minimum Gasteiger partial charge on any atom is -0.506 e. The zero-order valence-electron chi connectivity index (χ0n) is 20.1. The fourth-order valence-electron chi connectivity index (χ4n) is 3.11. The van der Waals surface area contributed by atoms with Crippen molar-refractivity contribution in [3.05, 3.63) is 76.1 Å². The smallest absolute Gasteiger partial charge is 0.265 e. The molecule has 0 aliphatic heterocycles. The second-order valence-corrected chi connectivity index (χ2v) is 8.33. The van der Waals surface area contributed by atoms with Gasteiger partial charge in [-0.25, -0.2) is 22.0 Å². The molecule has 14 heteroatoms. The molecule has 39 heavy (non-hydrogen) atoms. The van der Waals surface area contributed by atoms with Crippen molar-refractivity contribution in [1.82, 2.24) is 0 Å². The molecule has 3 rings (SSSR count). The van der Waals surface area contributed by atoms with E-state index >= 15 is 0 Å². The van der Waals surface area contributed by atoms with E-state index in [1.165, 1.54) is 19.1 Å². The van der Waals surface area contributed by atoms with E-state index in [1.54, 1.807) is 24.4 Å². The van der Waals surface area contributed by atoms with Gasteiger partial charge in [0.1, 0.15) is 17.1 Å². The Morgan fingerprint density at radius 1 is 0.872 bits per heavy atom. The Morgan fingerprint density at radius 3 is 2.00 bits per heavy atom. The van der Waals surface area contributed by atoms with Gasteiger partial charge in [-0.3, -0.25) is 14.4 Å². The van der Waals surface area contributed by atoms with Gasteiger partial charge in [-0.05, 0) is 37.3 Å². The predicted octanol–water partition coefficient (Wildman–Crippen LogP) is 5.75. The topological polar surface area (TPSA) is 117 Å². The van der Waals surface area contributed by atoms with Crippen molar-refractivity contribution in [3.8, 4) is 11.5 Å². The van der Waals surface area contributed by atoms with Crippen LogP contribution in [0.25, 0.3) is 0 Å². The molecule has 3 aromatic rings. The Bertz CT molecular complexity index is 1420. The van der Waals surface area contributed by atoms with Gasteiger partial charge < -0.3 is 25.8 Å². The van der Waals surface area contributed by atoms with Gasteiger partial charge in [0.05, 0.1) is 16.4 Å². The number of amides is 3. The first-order valence-electron chi connectivity index (χ1n) is 11.1. The summed E-state index contributed by atoms with van der Waals surface area (Å²) >= 11 is 6.07. The lowest BCUT2D eigenvalue weighted by Gasteiger charge is -2.17. The van der Waals surface area contributed by atoms with E-state index in [1.807, 2.05) is 0 Å². The second kappa shape index (κ2) is 12.0. The number of halogens is 6. The number of nitrogens with one attached hydrogen (secondary N) is 3. The van der Waals surface area contributed by atoms with Gasteiger partial charge in [0.2, 0.25) is 11.7 Å². The second-order valence-electron chi connectivity index (χ2n) is 7.92. The molecule has 0 saturated carbocycles. The zero-order chi connectivity index (χ0) is 29.0. The fraction of sp³-hybridized carbons (Fsp3) is 0.160. The van der Waals surface area contributed by atoms with Crippen LogP contribution in [0.3, 0.4) is 0 Å². The quantitative estimate of drug-likeness (QED) is 0.119. The number of phenols is 1. The predicted molar refractivity (Wildman–Crippen MR) is 131 cm³/mol. The molecule has 8 nitrogen and oxygen atoms in total. The number of anilines is 3. The van der Waals surface area contributed by atoms with Crippen LogP contribution in [0.2, 0.25) is 5.02 Å². The standard InChI is InChI=1S/C25H19ClF5N3O5/c1-3-17(36)32-11-4-6-12(7-5-11)39-10(2)24(37)33-14-9-16(35)15(8-13(14)26)34-25(38)18-19(27)21(29)23(31)22(30)20(18)28/h4-10,35H,3H2,1-2H3,(H,32,36)(H,33,37)(H,34,38). The molecule has 4 N–H and O–H groups in total. The zero-order valence-corrected chi connectivity index (χ0v) is 20.9. The van der Waals surface area contributed by atoms with Crippen LogP contribution in [-0.2, 0) is 9.59 Å². The highest BCUT2D eigenvalue weighted by molar-refractivity contribution is 6.34. The molecule has 1 unspecified atom stereocenters. The highest BCUT2D eigenvalue weighted by Gasteiger charge is 2.30. The van der Waals surface area contributed by atoms with Gasteiger partial charge in [0.15, 0.2) is 29.4 Å². The maximum Gasteiger partial charge on any atom is 0.265 e. The van der Waals surface area contributed by atoms with Gasteiger partial charge in [-0.2, -0.15) is 0 Å². The Balaban J connectivity index is 1.70.